The van der Waals surface area contributed by atoms with Crippen molar-refractivity contribution in [3.8, 4) is 11.6 Å². The molecule has 2 bridgehead atoms. The smallest absolute Gasteiger partial charge is 0.408 e. The van der Waals surface area contributed by atoms with Gasteiger partial charge in [-0.05, 0) is 116 Å². The Balaban J connectivity index is 1.17. The molecule has 6 aliphatic rings. The number of hydrogen-bond donors (Lipinski definition) is 3. The molecular formula is C48H68N6O9S. The van der Waals surface area contributed by atoms with Crippen molar-refractivity contribution >= 4 is 44.7 Å². The van der Waals surface area contributed by atoms with Crippen LogP contribution in [0.15, 0.2) is 36.9 Å². The Hall–Kier alpha value is -4.44. The van der Waals surface area contributed by atoms with Crippen LogP contribution in [0.3, 0.4) is 0 Å². The van der Waals surface area contributed by atoms with Gasteiger partial charge in [0.15, 0.2) is 0 Å². The van der Waals surface area contributed by atoms with E-state index in [4.69, 9.17) is 19.2 Å². The molecule has 3 aliphatic heterocycles. The number of fused-ring (bicyclic) bond motifs is 5. The summed E-state index contributed by atoms with van der Waals surface area (Å²) in [5.41, 5.74) is -0.207. The van der Waals surface area contributed by atoms with Gasteiger partial charge in [-0.2, -0.15) is 0 Å². The van der Waals surface area contributed by atoms with E-state index in [0.29, 0.717) is 30.7 Å². The summed E-state index contributed by atoms with van der Waals surface area (Å²) in [7, 11) is -1.95. The Morgan fingerprint density at radius 3 is 2.44 bits per heavy atom. The molecule has 3 saturated carbocycles. The van der Waals surface area contributed by atoms with Gasteiger partial charge in [0.05, 0.1) is 22.4 Å². The first-order valence-electron chi connectivity index (χ1n) is 23.8. The van der Waals surface area contributed by atoms with Gasteiger partial charge in [-0.15, -0.1) is 6.58 Å². The molecule has 8 unspecified atom stereocenters. The molecule has 3 N–H and O–H groups in total. The summed E-state index contributed by atoms with van der Waals surface area (Å²) in [6, 6.07) is 5.77. The molecule has 2 saturated heterocycles. The number of para-hydroxylation sites is 1. The molecule has 1 aromatic carbocycles. The highest BCUT2D eigenvalue weighted by atomic mass is 32.2. The minimum atomic E-state index is -4.06. The predicted octanol–water partition coefficient (Wildman–Crippen LogP) is 5.93. The van der Waals surface area contributed by atoms with Crippen molar-refractivity contribution in [2.24, 2.45) is 17.8 Å². The van der Waals surface area contributed by atoms with Gasteiger partial charge in [-0.3, -0.25) is 19.1 Å². The lowest BCUT2D eigenvalue weighted by Gasteiger charge is -2.37. The van der Waals surface area contributed by atoms with Crippen LogP contribution in [0, 0.1) is 17.8 Å². The number of ether oxygens (including phenoxy) is 3. The lowest BCUT2D eigenvalue weighted by atomic mass is 9.83. The summed E-state index contributed by atoms with van der Waals surface area (Å²) < 4.78 is 47.6. The van der Waals surface area contributed by atoms with Crippen molar-refractivity contribution in [3.63, 3.8) is 0 Å². The summed E-state index contributed by atoms with van der Waals surface area (Å²) >= 11 is 0. The first kappa shape index (κ1) is 46.1. The Labute approximate surface area is 378 Å². The van der Waals surface area contributed by atoms with E-state index >= 15 is 4.79 Å². The maximum absolute atomic E-state index is 15.2. The van der Waals surface area contributed by atoms with Crippen molar-refractivity contribution < 1.29 is 41.8 Å². The van der Waals surface area contributed by atoms with Gasteiger partial charge in [-0.25, -0.2) is 18.2 Å². The Morgan fingerprint density at radius 1 is 1.00 bits per heavy atom. The number of benzene rings is 1. The van der Waals surface area contributed by atoms with Gasteiger partial charge in [0.2, 0.25) is 27.7 Å². The van der Waals surface area contributed by atoms with E-state index in [9.17, 15) is 22.8 Å². The van der Waals surface area contributed by atoms with Gasteiger partial charge in [0, 0.05) is 24.3 Å². The van der Waals surface area contributed by atoms with Crippen molar-refractivity contribution in [1.29, 1.82) is 0 Å². The Kier molecular flexibility index (Phi) is 13.6. The maximum Gasteiger partial charge on any atom is 0.408 e. The third-order valence-corrected chi connectivity index (χ3v) is 17.3. The SMILES string of the molecule is C=CC(C)C(C)(NC(=O)C1CC2CN1C(=O)C(C1CCCCC1)NC(=O)OC1CC1CCCCCc1c(nc3ccccc3c1OC1CCCN(C)C1)O2)C(=O)NS(=O)(=O)C1(C)CC1. The van der Waals surface area contributed by atoms with Gasteiger partial charge in [0.25, 0.3) is 5.91 Å². The minimum Gasteiger partial charge on any atom is -0.488 e. The first-order chi connectivity index (χ1) is 30.6. The summed E-state index contributed by atoms with van der Waals surface area (Å²) in [5.74, 6) is -1.49. The van der Waals surface area contributed by atoms with E-state index in [1.54, 1.807) is 13.8 Å². The second-order valence-corrected chi connectivity index (χ2v) is 22.2. The average molecular weight is 905 g/mol. The van der Waals surface area contributed by atoms with Gasteiger partial charge >= 0.3 is 6.09 Å². The molecule has 1 aromatic heterocycles. The molecule has 64 heavy (non-hydrogen) atoms. The van der Waals surface area contributed by atoms with Crippen LogP contribution >= 0.6 is 0 Å². The number of amides is 4. The first-order valence-corrected chi connectivity index (χ1v) is 25.3. The zero-order chi connectivity index (χ0) is 45.4. The van der Waals surface area contributed by atoms with E-state index in [2.05, 4.69) is 33.9 Å². The van der Waals surface area contributed by atoms with Gasteiger partial charge < -0.3 is 34.6 Å². The Bertz CT molecular complexity index is 2210. The van der Waals surface area contributed by atoms with E-state index in [1.165, 1.54) is 17.9 Å². The molecule has 350 valence electrons. The van der Waals surface area contributed by atoms with Crippen molar-refractivity contribution in [2.45, 2.75) is 164 Å². The number of hydrogen-bond acceptors (Lipinski definition) is 11. The second-order valence-electron chi connectivity index (χ2n) is 20.0. The largest absolute Gasteiger partial charge is 0.488 e. The number of carbonyl (C=O) groups excluding carboxylic acids is 4. The number of rotatable bonds is 10. The van der Waals surface area contributed by atoms with Crippen LogP contribution in [-0.2, 0) is 35.6 Å². The number of pyridine rings is 1. The average Bonchev–Trinajstić information content (AvgIpc) is 4.17. The normalized spacial score (nSPS) is 29.5. The lowest BCUT2D eigenvalue weighted by molar-refractivity contribution is -0.143. The van der Waals surface area contributed by atoms with Gasteiger partial charge in [-0.1, -0.05) is 57.2 Å². The highest BCUT2D eigenvalue weighted by molar-refractivity contribution is 7.91. The second kappa shape index (κ2) is 18.8. The van der Waals surface area contributed by atoms with Crippen molar-refractivity contribution in [3.05, 3.63) is 42.5 Å². The van der Waals surface area contributed by atoms with Crippen LogP contribution < -0.4 is 24.8 Å². The van der Waals surface area contributed by atoms with Crippen molar-refractivity contribution in [1.82, 2.24) is 30.1 Å². The summed E-state index contributed by atoms with van der Waals surface area (Å²) in [6.45, 7) is 10.4. The minimum absolute atomic E-state index is 0.00815. The quantitative estimate of drug-likeness (QED) is 0.240. The topological polar surface area (TPSA) is 186 Å². The highest BCUT2D eigenvalue weighted by Gasteiger charge is 2.54. The fraction of sp³-hybridized carbons (Fsp3) is 0.688. The zero-order valence-corrected chi connectivity index (χ0v) is 38.9. The molecule has 15 nitrogen and oxygen atoms in total. The molecule has 16 heteroatoms. The molecule has 0 spiro atoms. The van der Waals surface area contributed by atoms with Crippen LogP contribution in [-0.4, -0.2) is 114 Å². The van der Waals surface area contributed by atoms with Crippen LogP contribution in [0.5, 0.6) is 11.6 Å². The molecule has 4 heterocycles. The number of alkyl carbamates (subject to hydrolysis) is 1. The maximum atomic E-state index is 15.2. The molecule has 2 aromatic rings. The molecule has 0 radical (unpaired) electrons. The van der Waals surface area contributed by atoms with Crippen LogP contribution in [0.4, 0.5) is 4.79 Å². The van der Waals surface area contributed by atoms with Crippen molar-refractivity contribution in [2.75, 3.05) is 26.7 Å². The number of likely N-dealkylation sites (tertiary alicyclic amines) is 1. The summed E-state index contributed by atoms with van der Waals surface area (Å²) in [4.78, 5) is 66.6. The molecule has 4 amide bonds. The third kappa shape index (κ3) is 9.87. The number of nitrogens with one attached hydrogen (secondary N) is 3. The number of nitrogens with zero attached hydrogens (tertiary/aromatic N) is 3. The van der Waals surface area contributed by atoms with Gasteiger partial charge in [0.1, 0.15) is 41.7 Å². The molecular weight excluding hydrogens is 837 g/mol. The molecule has 8 atom stereocenters. The fourth-order valence-corrected chi connectivity index (χ4v) is 11.5. The third-order valence-electron chi connectivity index (χ3n) is 15.1. The molecule has 3 aliphatic carbocycles. The zero-order valence-electron chi connectivity index (χ0n) is 38.1. The molecule has 8 rings (SSSR count). The Morgan fingerprint density at radius 2 is 1.72 bits per heavy atom. The monoisotopic (exact) mass is 904 g/mol. The van der Waals surface area contributed by atoms with Crippen LogP contribution in [0.25, 0.3) is 10.9 Å². The highest BCUT2D eigenvalue weighted by Crippen LogP contribution is 2.43. The fourth-order valence-electron chi connectivity index (χ4n) is 10.2. The van der Waals surface area contributed by atoms with E-state index in [0.717, 1.165) is 107 Å². The summed E-state index contributed by atoms with van der Waals surface area (Å²) in [5, 5.41) is 6.75. The number of aromatic nitrogens is 1. The number of piperidine rings is 1. The summed E-state index contributed by atoms with van der Waals surface area (Å²) in [6.07, 6.45) is 12.1. The standard InChI is InChI=1S/C48H68N6O9S/c1-6-30(2)48(4,45(57)52-64(59,60)47(3)23-24-47)51-42(55)38-27-34-29-54(38)44(56)40(31-16-9-7-10-17-31)50-46(58)63-39-26-32(39)18-11-8-12-21-36-41(61-33-19-15-25-53(5)28-33)35-20-13-14-22-37(35)49-43(36)62-34/h6,13-14,20,22,30-34,38-40H,1,7-12,15-19,21,23-29H2,2-5H3,(H,50,58)(H,51,55)(H,52,57). The molecule has 5 fully saturated rings. The number of carbonyl (C=O) groups is 4. The van der Waals surface area contributed by atoms with E-state index in [1.807, 2.05) is 24.3 Å². The van der Waals surface area contributed by atoms with E-state index < -0.39 is 68.2 Å². The van der Waals surface area contributed by atoms with Crippen LogP contribution in [0.1, 0.15) is 123 Å². The predicted molar refractivity (Wildman–Crippen MR) is 242 cm³/mol. The number of likely N-dealkylation sites (N-methyl/N-ethyl adjacent to an activating group) is 1. The van der Waals surface area contributed by atoms with E-state index in [-0.39, 0.29) is 37.0 Å². The number of sulfonamides is 1. The lowest BCUT2D eigenvalue weighted by Crippen LogP contribution is -2.64. The van der Waals surface area contributed by atoms with Crippen LogP contribution in [0.2, 0.25) is 0 Å².